The highest BCUT2D eigenvalue weighted by atomic mass is 16.1. The second-order valence-electron chi connectivity index (χ2n) is 10.7. The number of pyridine rings is 1. The van der Waals surface area contributed by atoms with Crippen LogP contribution >= 0.6 is 0 Å². The number of nitrogens with zero attached hydrogens (tertiary/aromatic N) is 7. The van der Waals surface area contributed by atoms with Crippen molar-refractivity contribution in [1.29, 1.82) is 0 Å². The molecule has 6 rings (SSSR count). The Balaban J connectivity index is 1.33. The van der Waals surface area contributed by atoms with Crippen LogP contribution in [0.25, 0.3) is 33.5 Å². The molecular formula is C30H34N8O. The molecule has 9 nitrogen and oxygen atoms in total. The molecule has 4 heterocycles. The smallest absolute Gasteiger partial charge is 0.259 e. The van der Waals surface area contributed by atoms with Crippen molar-refractivity contribution in [1.82, 2.24) is 34.1 Å². The van der Waals surface area contributed by atoms with Gasteiger partial charge in [-0.25, -0.2) is 4.98 Å². The predicted octanol–water partition coefficient (Wildman–Crippen LogP) is 6.34. The van der Waals surface area contributed by atoms with E-state index in [1.807, 2.05) is 49.0 Å². The maximum Gasteiger partial charge on any atom is 0.259 e. The van der Waals surface area contributed by atoms with Gasteiger partial charge in [-0.1, -0.05) is 43.5 Å². The van der Waals surface area contributed by atoms with Gasteiger partial charge in [0.2, 0.25) is 0 Å². The number of para-hydroxylation sites is 1. The van der Waals surface area contributed by atoms with Crippen molar-refractivity contribution < 1.29 is 4.79 Å². The maximum atomic E-state index is 13.7. The normalized spacial score (nSPS) is 14.4. The van der Waals surface area contributed by atoms with Crippen LogP contribution in [0.1, 0.15) is 74.1 Å². The number of benzene rings is 1. The van der Waals surface area contributed by atoms with Gasteiger partial charge in [0, 0.05) is 41.5 Å². The Labute approximate surface area is 227 Å². The van der Waals surface area contributed by atoms with Gasteiger partial charge in [-0.3, -0.25) is 9.48 Å². The number of hydrogen-bond donors (Lipinski definition) is 1. The average molecular weight is 523 g/mol. The summed E-state index contributed by atoms with van der Waals surface area (Å²) in [6.45, 7) is 6.12. The molecule has 0 aliphatic heterocycles. The number of nitrogens with one attached hydrogen (secondary N) is 1. The molecule has 1 aromatic carbocycles. The highest BCUT2D eigenvalue weighted by molar-refractivity contribution is 6.15. The first-order chi connectivity index (χ1) is 18.9. The van der Waals surface area contributed by atoms with Gasteiger partial charge in [-0.05, 0) is 45.7 Å². The molecule has 1 saturated carbocycles. The molecule has 0 atom stereocenters. The number of aromatic nitrogens is 7. The number of aryl methyl sites for hydroxylation is 1. The Morgan fingerprint density at radius 3 is 2.67 bits per heavy atom. The van der Waals surface area contributed by atoms with E-state index in [0.717, 1.165) is 27.7 Å². The molecule has 9 heteroatoms. The molecule has 1 aliphatic carbocycles. The molecule has 39 heavy (non-hydrogen) atoms. The monoisotopic (exact) mass is 522 g/mol. The second-order valence-corrected chi connectivity index (χ2v) is 10.7. The van der Waals surface area contributed by atoms with Crippen LogP contribution in [0.3, 0.4) is 0 Å². The zero-order valence-electron chi connectivity index (χ0n) is 22.9. The van der Waals surface area contributed by atoms with E-state index in [1.54, 1.807) is 12.4 Å². The van der Waals surface area contributed by atoms with Crippen molar-refractivity contribution in [2.75, 3.05) is 5.32 Å². The molecule has 0 bridgehead atoms. The van der Waals surface area contributed by atoms with Gasteiger partial charge in [-0.2, -0.15) is 5.10 Å². The van der Waals surface area contributed by atoms with Crippen molar-refractivity contribution >= 4 is 22.6 Å². The second kappa shape index (κ2) is 10.1. The Morgan fingerprint density at radius 1 is 1.08 bits per heavy atom. The zero-order valence-corrected chi connectivity index (χ0v) is 22.9. The molecule has 0 spiro atoms. The maximum absolute atomic E-state index is 13.7. The summed E-state index contributed by atoms with van der Waals surface area (Å²) in [6.07, 6.45) is 12.0. The summed E-state index contributed by atoms with van der Waals surface area (Å²) >= 11 is 0. The highest BCUT2D eigenvalue weighted by Crippen LogP contribution is 2.35. The molecular weight excluding hydrogens is 488 g/mol. The minimum absolute atomic E-state index is 0.192. The molecule has 0 unspecified atom stereocenters. The minimum Gasteiger partial charge on any atom is -0.347 e. The Morgan fingerprint density at radius 2 is 1.87 bits per heavy atom. The number of anilines is 1. The first-order valence-corrected chi connectivity index (χ1v) is 13.7. The largest absolute Gasteiger partial charge is 0.347 e. The summed E-state index contributed by atoms with van der Waals surface area (Å²) in [5, 5.41) is 16.9. The lowest BCUT2D eigenvalue weighted by Crippen LogP contribution is -2.14. The van der Waals surface area contributed by atoms with E-state index in [2.05, 4.69) is 55.9 Å². The molecule has 0 saturated heterocycles. The van der Waals surface area contributed by atoms with E-state index in [1.165, 1.54) is 32.1 Å². The average Bonchev–Trinajstić information content (AvgIpc) is 3.68. The van der Waals surface area contributed by atoms with Gasteiger partial charge in [0.25, 0.3) is 5.91 Å². The summed E-state index contributed by atoms with van der Waals surface area (Å²) < 4.78 is 6.20. The van der Waals surface area contributed by atoms with E-state index < -0.39 is 0 Å². The molecule has 1 N–H and O–H groups in total. The first-order valence-electron chi connectivity index (χ1n) is 13.7. The third kappa shape index (κ3) is 4.51. The van der Waals surface area contributed by atoms with Crippen LogP contribution in [0, 0.1) is 6.92 Å². The molecule has 5 aromatic rings. The third-order valence-electron chi connectivity index (χ3n) is 7.94. The van der Waals surface area contributed by atoms with E-state index in [4.69, 9.17) is 5.10 Å². The molecule has 0 radical (unpaired) electrons. The van der Waals surface area contributed by atoms with Crippen molar-refractivity contribution in [3.63, 3.8) is 0 Å². The van der Waals surface area contributed by atoms with E-state index in [0.29, 0.717) is 28.9 Å². The van der Waals surface area contributed by atoms with Crippen LogP contribution in [-0.4, -0.2) is 40.0 Å². The number of fused-ring (bicyclic) bond motifs is 1. The van der Waals surface area contributed by atoms with Crippen molar-refractivity contribution in [3.05, 3.63) is 66.4 Å². The quantitative estimate of drug-likeness (QED) is 0.281. The van der Waals surface area contributed by atoms with Gasteiger partial charge in [0.05, 0.1) is 23.3 Å². The summed E-state index contributed by atoms with van der Waals surface area (Å²) in [6, 6.07) is 12.4. The molecule has 1 fully saturated rings. The number of rotatable bonds is 6. The van der Waals surface area contributed by atoms with Crippen LogP contribution in [0.5, 0.6) is 0 Å². The lowest BCUT2D eigenvalue weighted by Gasteiger charge is -2.21. The zero-order chi connectivity index (χ0) is 27.1. The fourth-order valence-corrected chi connectivity index (χ4v) is 5.79. The number of hydrogen-bond acceptors (Lipinski definition) is 5. The lowest BCUT2D eigenvalue weighted by molar-refractivity contribution is 0.102. The van der Waals surface area contributed by atoms with Crippen molar-refractivity contribution in [3.8, 4) is 22.6 Å². The minimum atomic E-state index is -0.192. The molecule has 1 aliphatic rings. The standard InChI is InChI=1S/C30H34N8O/c1-19(2)37-18-31-35-29(37)25-14-9-15-26(33-25)34-30(39)27-20(3)36(4)28-23(12-8-13-24(27)28)21-16-32-38(17-21)22-10-6-5-7-11-22/h8-9,12-19,22H,5-7,10-11H2,1-4H3,(H,33,34,39). The first kappa shape index (κ1) is 25.0. The van der Waals surface area contributed by atoms with Crippen LogP contribution in [-0.2, 0) is 7.05 Å². The van der Waals surface area contributed by atoms with Gasteiger partial charge in [0.15, 0.2) is 5.82 Å². The fourth-order valence-electron chi connectivity index (χ4n) is 5.79. The van der Waals surface area contributed by atoms with Gasteiger partial charge < -0.3 is 14.5 Å². The van der Waals surface area contributed by atoms with Crippen LogP contribution in [0.2, 0.25) is 0 Å². The Bertz CT molecular complexity index is 1650. The number of carbonyl (C=O) groups excluding carboxylic acids is 1. The van der Waals surface area contributed by atoms with Crippen LogP contribution in [0.4, 0.5) is 5.82 Å². The number of carbonyl (C=O) groups is 1. The molecule has 1 amide bonds. The van der Waals surface area contributed by atoms with E-state index in [-0.39, 0.29) is 11.9 Å². The van der Waals surface area contributed by atoms with Crippen LogP contribution < -0.4 is 5.32 Å². The summed E-state index contributed by atoms with van der Waals surface area (Å²) in [5.74, 6) is 0.945. The van der Waals surface area contributed by atoms with Gasteiger partial charge in [0.1, 0.15) is 17.8 Å². The Kier molecular flexibility index (Phi) is 6.50. The molecule has 4 aromatic heterocycles. The summed E-state index contributed by atoms with van der Waals surface area (Å²) in [7, 11) is 2.01. The van der Waals surface area contributed by atoms with E-state index in [9.17, 15) is 4.79 Å². The van der Waals surface area contributed by atoms with Crippen molar-refractivity contribution in [2.45, 2.75) is 65.0 Å². The third-order valence-corrected chi connectivity index (χ3v) is 7.94. The SMILES string of the molecule is Cc1c(C(=O)Nc2cccc(-c3nncn3C(C)C)n2)c2cccc(-c3cnn(C4CCCCC4)c3)c2n1C. The lowest BCUT2D eigenvalue weighted by atomic mass is 9.96. The fraction of sp³-hybridized carbons (Fsp3) is 0.367. The predicted molar refractivity (Wildman–Crippen MR) is 153 cm³/mol. The van der Waals surface area contributed by atoms with Gasteiger partial charge in [-0.15, -0.1) is 10.2 Å². The number of amides is 1. The van der Waals surface area contributed by atoms with Gasteiger partial charge >= 0.3 is 0 Å². The van der Waals surface area contributed by atoms with E-state index >= 15 is 0 Å². The van der Waals surface area contributed by atoms with Crippen LogP contribution in [0.15, 0.2) is 55.1 Å². The van der Waals surface area contributed by atoms with Crippen molar-refractivity contribution in [2.24, 2.45) is 7.05 Å². The topological polar surface area (TPSA) is 95.5 Å². The summed E-state index contributed by atoms with van der Waals surface area (Å²) in [4.78, 5) is 18.4. The molecule has 200 valence electrons. The summed E-state index contributed by atoms with van der Waals surface area (Å²) in [5.41, 5.74) is 5.37. The highest BCUT2D eigenvalue weighted by Gasteiger charge is 2.23. The Hall–Kier alpha value is -4.27.